The molecule has 17 heteroatoms. The van der Waals surface area contributed by atoms with E-state index in [1.807, 2.05) is 91.1 Å². The Kier molecular flexibility index (Phi) is 24.7. The van der Waals surface area contributed by atoms with Crippen LogP contribution in [-0.2, 0) is 54.2 Å². The van der Waals surface area contributed by atoms with Gasteiger partial charge in [0.25, 0.3) is 0 Å². The first kappa shape index (κ1) is 65.2. The van der Waals surface area contributed by atoms with Crippen LogP contribution in [0.2, 0.25) is 0 Å². The molecular formula is C61H100N2O13S2. The van der Waals surface area contributed by atoms with Gasteiger partial charge in [-0.1, -0.05) is 94.8 Å². The fourth-order valence-corrected chi connectivity index (χ4v) is 14.8. The molecule has 0 amide bonds. The van der Waals surface area contributed by atoms with E-state index < -0.39 is 102 Å². The van der Waals surface area contributed by atoms with Gasteiger partial charge in [0.1, 0.15) is 23.9 Å². The average molecular weight is 1130 g/mol. The number of methoxy groups -OCH3 is 1. The van der Waals surface area contributed by atoms with Crippen LogP contribution in [0.15, 0.2) is 60.7 Å². The first-order valence-corrected chi connectivity index (χ1v) is 31.2. The minimum Gasteiger partial charge on any atom is -0.455 e. The Labute approximate surface area is 476 Å². The van der Waals surface area contributed by atoms with Crippen molar-refractivity contribution in [3.8, 4) is 0 Å². The minimum absolute atomic E-state index is 0.146. The van der Waals surface area contributed by atoms with Crippen LogP contribution in [0.4, 0.5) is 0 Å². The molecule has 78 heavy (non-hydrogen) atoms. The van der Waals surface area contributed by atoms with Crippen LogP contribution in [0.25, 0.3) is 0 Å². The fraction of sp³-hybridized carbons (Fsp3) is 0.787. The van der Waals surface area contributed by atoms with E-state index in [1.54, 1.807) is 27.9 Å². The number of hydrogen-bond donors (Lipinski definition) is 4. The smallest absolute Gasteiger partial charge is 0.306 e. The number of nitrogens with zero attached hydrogens (tertiary/aromatic N) is 2. The highest BCUT2D eigenvalue weighted by Gasteiger charge is 2.57. The monoisotopic (exact) mass is 1130 g/mol. The third kappa shape index (κ3) is 17.6. The second-order valence-corrected chi connectivity index (χ2v) is 26.8. The van der Waals surface area contributed by atoms with Gasteiger partial charge in [-0.05, 0) is 124 Å². The van der Waals surface area contributed by atoms with Crippen molar-refractivity contribution in [2.45, 2.75) is 246 Å². The lowest BCUT2D eigenvalue weighted by Crippen LogP contribution is -2.61. The number of aliphatic hydroxyl groups excluding tert-OH is 2. The van der Waals surface area contributed by atoms with E-state index in [9.17, 15) is 25.2 Å². The Balaban J connectivity index is 1.25. The van der Waals surface area contributed by atoms with Crippen molar-refractivity contribution in [3.05, 3.63) is 71.8 Å². The Morgan fingerprint density at radius 1 is 0.821 bits per heavy atom. The van der Waals surface area contributed by atoms with Crippen LogP contribution in [0.5, 0.6) is 0 Å². The van der Waals surface area contributed by atoms with Gasteiger partial charge >= 0.3 is 5.97 Å². The first-order valence-electron chi connectivity index (χ1n) is 29.0. The lowest BCUT2D eigenvalue weighted by molar-refractivity contribution is -0.319. The number of aliphatic hydroxyl groups is 4. The normalized spacial score (nSPS) is 39.8. The maximum absolute atomic E-state index is 14.2. The van der Waals surface area contributed by atoms with Crippen molar-refractivity contribution >= 4 is 29.5 Å². The van der Waals surface area contributed by atoms with E-state index in [4.69, 9.17) is 37.9 Å². The van der Waals surface area contributed by atoms with E-state index in [2.05, 4.69) is 72.5 Å². The number of hydrogen-bond acceptors (Lipinski definition) is 17. The van der Waals surface area contributed by atoms with Gasteiger partial charge in [-0.25, -0.2) is 0 Å². The molecule has 3 unspecified atom stereocenters. The van der Waals surface area contributed by atoms with Crippen molar-refractivity contribution in [2.24, 2.45) is 17.8 Å². The molecule has 4 aliphatic rings. The Morgan fingerprint density at radius 2 is 1.47 bits per heavy atom. The van der Waals surface area contributed by atoms with Gasteiger partial charge in [-0.15, -0.1) is 0 Å². The summed E-state index contributed by atoms with van der Waals surface area (Å²) in [5.41, 5.74) is -1.50. The van der Waals surface area contributed by atoms with Gasteiger partial charge in [0.05, 0.1) is 47.8 Å². The van der Waals surface area contributed by atoms with Crippen LogP contribution in [0, 0.1) is 17.8 Å². The number of carbonyl (C=O) groups is 1. The highest BCUT2D eigenvalue weighted by Crippen LogP contribution is 2.44. The number of likely N-dealkylation sites (N-methyl/N-ethyl adjacent to an activating group) is 2. The molecule has 0 saturated carbocycles. The molecule has 444 valence electrons. The highest BCUT2D eigenvalue weighted by atomic mass is 32.2. The molecular weight excluding hydrogens is 1030 g/mol. The van der Waals surface area contributed by atoms with E-state index in [-0.39, 0.29) is 43.3 Å². The zero-order valence-electron chi connectivity index (χ0n) is 49.5. The number of epoxide rings is 1. The molecule has 4 fully saturated rings. The summed E-state index contributed by atoms with van der Waals surface area (Å²) in [5, 5.41) is 48.6. The highest BCUT2D eigenvalue weighted by molar-refractivity contribution is 7.99. The molecule has 0 bridgehead atoms. The van der Waals surface area contributed by atoms with Crippen molar-refractivity contribution < 1.29 is 63.1 Å². The molecule has 4 heterocycles. The molecule has 4 saturated heterocycles. The van der Waals surface area contributed by atoms with Crippen molar-refractivity contribution in [1.29, 1.82) is 0 Å². The third-order valence-electron chi connectivity index (χ3n) is 17.3. The van der Waals surface area contributed by atoms with Crippen LogP contribution >= 0.6 is 23.5 Å². The summed E-state index contributed by atoms with van der Waals surface area (Å²) in [4.78, 5) is 18.3. The van der Waals surface area contributed by atoms with Gasteiger partial charge in [-0.3, -0.25) is 4.79 Å². The van der Waals surface area contributed by atoms with Crippen LogP contribution < -0.4 is 0 Å². The summed E-state index contributed by atoms with van der Waals surface area (Å²) in [6, 6.07) is 20.5. The van der Waals surface area contributed by atoms with Crippen molar-refractivity contribution in [1.82, 2.24) is 9.80 Å². The fourth-order valence-electron chi connectivity index (χ4n) is 12.4. The topological polar surface area (TPSA) is 182 Å². The predicted octanol–water partition coefficient (Wildman–Crippen LogP) is 8.84. The predicted molar refractivity (Wildman–Crippen MR) is 309 cm³/mol. The van der Waals surface area contributed by atoms with Gasteiger partial charge < -0.3 is 68.1 Å². The van der Waals surface area contributed by atoms with Crippen LogP contribution in [-0.4, -0.2) is 185 Å². The number of carbonyl (C=O) groups excluding carboxylic acids is 1. The second kappa shape index (κ2) is 29.6. The van der Waals surface area contributed by atoms with E-state index in [0.717, 1.165) is 36.5 Å². The molecule has 0 aromatic heterocycles. The van der Waals surface area contributed by atoms with Gasteiger partial charge in [0.2, 0.25) is 0 Å². The number of ether oxygens (including phenoxy) is 8. The molecule has 4 aliphatic heterocycles. The lowest BCUT2D eigenvalue weighted by atomic mass is 9.77. The SMILES string of the molecule is CC[C@H]1OC2OC2[C@H](C)[C@@H](O[C@H]2C[C@@](C)(OC)[C@@H](O)[C@H](C)O2)[C@H](C)[C@@H](O[C@@H]2O[C@H](C)C[C@H](N(C)C)[C@H]2OC(=O)CCCCC(CCSCc2ccccc2)SCc2ccccc2)[C@](C)(O)C[C@@H](C)CN(C)[C@H](C)[C@@H](O)[C@]1(C)O. The maximum Gasteiger partial charge on any atom is 0.306 e. The summed E-state index contributed by atoms with van der Waals surface area (Å²) in [7, 11) is 7.43. The Bertz CT molecular complexity index is 2080. The average Bonchev–Trinajstić information content (AvgIpc) is 4.24. The number of fused-ring (bicyclic) bond motifs is 1. The summed E-state index contributed by atoms with van der Waals surface area (Å²) in [6.45, 7) is 19.4. The molecule has 0 spiro atoms. The number of rotatable bonds is 21. The molecule has 4 N–H and O–H groups in total. The Morgan fingerprint density at radius 3 is 2.10 bits per heavy atom. The van der Waals surface area contributed by atoms with Crippen LogP contribution in [0.3, 0.4) is 0 Å². The maximum atomic E-state index is 14.2. The quantitative estimate of drug-likeness (QED) is 0.0528. The van der Waals surface area contributed by atoms with E-state index in [1.165, 1.54) is 11.1 Å². The molecule has 0 aliphatic carbocycles. The second-order valence-electron chi connectivity index (χ2n) is 24.4. The molecule has 6 rings (SSSR count). The summed E-state index contributed by atoms with van der Waals surface area (Å²) in [5.74, 6) is 1.52. The summed E-state index contributed by atoms with van der Waals surface area (Å²) >= 11 is 3.97. The van der Waals surface area contributed by atoms with Gasteiger partial charge in [-0.2, -0.15) is 23.5 Å². The molecule has 2 aromatic rings. The van der Waals surface area contributed by atoms with Crippen LogP contribution in [0.1, 0.15) is 138 Å². The third-order valence-corrected chi connectivity index (χ3v) is 19.8. The zero-order valence-corrected chi connectivity index (χ0v) is 51.2. The standard InChI is InChI=1S/C61H100N2O13S2/c1-15-48-61(10,68)54(65)42(6)63(13)35-38(2)33-59(8,67)56(41(5)51(40(4)52-57(72-48)75-52)74-50-34-60(9,69-14)55(66)43(7)71-50)76-58-53(47(62(11)12)32-39(3)70-58)73-49(64)29-23-22-28-46(78-37-45-26-20-17-21-27-45)30-31-77-36-44-24-18-16-19-25-44/h16-21,24-27,38-43,46-48,50-58,65-68H,15,22-23,28-37H2,1-14H3/t38-,39-,40-,41+,42-,43+,46?,47+,48-,50+,51-,52?,53-,54-,55+,56-,57?,58+,59-,60-,61-/m1/s1. The Hall–Kier alpha value is -1.91. The largest absolute Gasteiger partial charge is 0.455 e. The summed E-state index contributed by atoms with van der Waals surface area (Å²) < 4.78 is 52.8. The number of esters is 1. The first-order chi connectivity index (χ1) is 36.9. The van der Waals surface area contributed by atoms with Crippen molar-refractivity contribution in [3.63, 3.8) is 0 Å². The molecule has 15 nitrogen and oxygen atoms in total. The number of unbranched alkanes of at least 4 members (excludes halogenated alkanes) is 1. The van der Waals surface area contributed by atoms with Gasteiger partial charge in [0, 0.05) is 61.1 Å². The molecule has 2 aromatic carbocycles. The van der Waals surface area contributed by atoms with Gasteiger partial charge in [0.15, 0.2) is 25.0 Å². The minimum atomic E-state index is -1.62. The molecule has 21 atom stereocenters. The lowest BCUT2D eigenvalue weighted by Gasteiger charge is -2.49. The summed E-state index contributed by atoms with van der Waals surface area (Å²) in [6.07, 6.45) is -4.06. The number of benzene rings is 2. The number of thioether (sulfide) groups is 2. The zero-order chi connectivity index (χ0) is 57.1. The van der Waals surface area contributed by atoms with Crippen molar-refractivity contribution in [2.75, 3.05) is 40.6 Å². The molecule has 0 radical (unpaired) electrons. The van der Waals surface area contributed by atoms with E-state index >= 15 is 0 Å². The van der Waals surface area contributed by atoms with E-state index in [0.29, 0.717) is 31.1 Å².